The first-order valence-electron chi connectivity index (χ1n) is 4.54. The van der Waals surface area contributed by atoms with E-state index in [4.69, 9.17) is 4.55 Å². The van der Waals surface area contributed by atoms with Crippen molar-refractivity contribution in [3.8, 4) is 0 Å². The Morgan fingerprint density at radius 3 is 2.87 bits per heavy atom. The van der Waals surface area contributed by atoms with Crippen LogP contribution in [0, 0.1) is 0 Å². The van der Waals surface area contributed by atoms with Crippen LogP contribution in [-0.4, -0.2) is 23.7 Å². The summed E-state index contributed by atoms with van der Waals surface area (Å²) in [7, 11) is -3.86. The van der Waals surface area contributed by atoms with Crippen molar-refractivity contribution in [2.24, 2.45) is 0 Å². The minimum Gasteiger partial charge on any atom is -0.286 e. The topological polar surface area (TPSA) is 67.3 Å². The third-order valence-corrected chi connectivity index (χ3v) is 2.72. The van der Waals surface area contributed by atoms with Gasteiger partial charge in [0.2, 0.25) is 0 Å². The second-order valence-corrected chi connectivity index (χ2v) is 4.75. The molecule has 1 aromatic rings. The summed E-state index contributed by atoms with van der Waals surface area (Å²) in [5, 5.41) is 0. The van der Waals surface area contributed by atoms with Crippen molar-refractivity contribution in [3.63, 3.8) is 0 Å². The van der Waals surface area contributed by atoms with Gasteiger partial charge in [-0.1, -0.05) is 12.7 Å². The molecule has 0 bridgehead atoms. The van der Waals surface area contributed by atoms with E-state index in [0.717, 1.165) is 11.3 Å². The summed E-state index contributed by atoms with van der Waals surface area (Å²) in [5.74, 6) is -0.229. The molecule has 0 atom stereocenters. The van der Waals surface area contributed by atoms with Gasteiger partial charge in [-0.3, -0.25) is 9.54 Å². The van der Waals surface area contributed by atoms with E-state index in [2.05, 4.69) is 11.6 Å². The van der Waals surface area contributed by atoms with Crippen LogP contribution in [0.25, 0.3) is 6.08 Å². The molecule has 0 unspecified atom stereocenters. The largest absolute Gasteiger partial charge is 0.286 e. The van der Waals surface area contributed by atoms with Crippen LogP contribution in [0.3, 0.4) is 0 Å². The lowest BCUT2D eigenvalue weighted by atomic mass is 10.2. The van der Waals surface area contributed by atoms with Crippen molar-refractivity contribution in [2.45, 2.75) is 12.8 Å². The minimum absolute atomic E-state index is 0.229. The molecule has 1 N–H and O–H groups in total. The van der Waals surface area contributed by atoms with Crippen molar-refractivity contribution < 1.29 is 13.0 Å². The highest BCUT2D eigenvalue weighted by atomic mass is 32.2. The van der Waals surface area contributed by atoms with Gasteiger partial charge in [0, 0.05) is 11.9 Å². The average molecular weight is 227 g/mol. The zero-order chi connectivity index (χ0) is 11.3. The van der Waals surface area contributed by atoms with E-state index < -0.39 is 10.1 Å². The molecular weight excluding hydrogens is 214 g/mol. The number of aromatic nitrogens is 1. The van der Waals surface area contributed by atoms with Crippen LogP contribution in [0.5, 0.6) is 0 Å². The van der Waals surface area contributed by atoms with E-state index in [0.29, 0.717) is 12.8 Å². The van der Waals surface area contributed by atoms with Crippen molar-refractivity contribution in [2.75, 3.05) is 5.75 Å². The van der Waals surface area contributed by atoms with Crippen LogP contribution in [-0.2, 0) is 16.5 Å². The first-order chi connectivity index (χ1) is 7.01. The van der Waals surface area contributed by atoms with Gasteiger partial charge < -0.3 is 0 Å². The van der Waals surface area contributed by atoms with Crippen molar-refractivity contribution >= 4 is 16.2 Å². The molecule has 0 aliphatic rings. The highest BCUT2D eigenvalue weighted by molar-refractivity contribution is 7.85. The second kappa shape index (κ2) is 5.04. The Morgan fingerprint density at radius 2 is 2.27 bits per heavy atom. The fourth-order valence-corrected chi connectivity index (χ4v) is 1.71. The van der Waals surface area contributed by atoms with Gasteiger partial charge >= 0.3 is 0 Å². The van der Waals surface area contributed by atoms with Crippen molar-refractivity contribution in [1.29, 1.82) is 0 Å². The van der Waals surface area contributed by atoms with Crippen LogP contribution in [0.4, 0.5) is 0 Å². The van der Waals surface area contributed by atoms with Crippen LogP contribution < -0.4 is 0 Å². The smallest absolute Gasteiger partial charge is 0.264 e. The van der Waals surface area contributed by atoms with Crippen molar-refractivity contribution in [3.05, 3.63) is 36.2 Å². The maximum atomic E-state index is 10.5. The number of hydrogen-bond donors (Lipinski definition) is 1. The molecule has 0 aliphatic heterocycles. The lowest BCUT2D eigenvalue weighted by Gasteiger charge is -2.00. The average Bonchev–Trinajstić information content (AvgIpc) is 2.16. The molecule has 0 aliphatic carbocycles. The first kappa shape index (κ1) is 11.9. The summed E-state index contributed by atoms with van der Waals surface area (Å²) < 4.78 is 29.5. The summed E-state index contributed by atoms with van der Waals surface area (Å²) >= 11 is 0. The predicted molar refractivity (Wildman–Crippen MR) is 59.1 cm³/mol. The summed E-state index contributed by atoms with van der Waals surface area (Å²) in [6.07, 6.45) is 4.25. The number of hydrogen-bond acceptors (Lipinski definition) is 3. The summed E-state index contributed by atoms with van der Waals surface area (Å²) in [4.78, 5) is 4.08. The summed E-state index contributed by atoms with van der Waals surface area (Å²) in [6.45, 7) is 3.63. The van der Waals surface area contributed by atoms with E-state index in [1.807, 2.05) is 12.1 Å². The van der Waals surface area contributed by atoms with Gasteiger partial charge in [0.25, 0.3) is 10.1 Å². The summed E-state index contributed by atoms with van der Waals surface area (Å²) in [5.41, 5.74) is 1.75. The fourth-order valence-electron chi connectivity index (χ4n) is 1.20. The molecule has 0 saturated carbocycles. The van der Waals surface area contributed by atoms with Gasteiger partial charge in [-0.2, -0.15) is 8.42 Å². The number of aryl methyl sites for hydroxylation is 1. The third-order valence-electron chi connectivity index (χ3n) is 1.91. The van der Waals surface area contributed by atoms with Crippen LogP contribution in [0.2, 0.25) is 0 Å². The highest BCUT2D eigenvalue weighted by Crippen LogP contribution is 2.05. The SMILES string of the molecule is C=Cc1ccnc(CCCS(=O)(=O)O)c1. The standard InChI is InChI=1S/C10H13NO3S/c1-2-9-5-6-11-10(8-9)4-3-7-15(12,13)14/h2,5-6,8H,1,3-4,7H2,(H,12,13,14). The number of rotatable bonds is 5. The van der Waals surface area contributed by atoms with E-state index in [-0.39, 0.29) is 5.75 Å². The lowest BCUT2D eigenvalue weighted by molar-refractivity contribution is 0.481. The molecule has 0 saturated heterocycles. The Bertz CT molecular complexity index is 440. The van der Waals surface area contributed by atoms with Crippen molar-refractivity contribution in [1.82, 2.24) is 4.98 Å². The Morgan fingerprint density at radius 1 is 1.53 bits per heavy atom. The van der Waals surface area contributed by atoms with Gasteiger partial charge in [-0.15, -0.1) is 0 Å². The van der Waals surface area contributed by atoms with Gasteiger partial charge in [-0.05, 0) is 30.5 Å². The second-order valence-electron chi connectivity index (χ2n) is 3.17. The zero-order valence-electron chi connectivity index (χ0n) is 8.26. The normalized spacial score (nSPS) is 11.3. The van der Waals surface area contributed by atoms with Gasteiger partial charge in [0.15, 0.2) is 0 Å². The molecule has 1 rings (SSSR count). The van der Waals surface area contributed by atoms with Gasteiger partial charge in [-0.25, -0.2) is 0 Å². The minimum atomic E-state index is -3.86. The Kier molecular flexibility index (Phi) is 3.99. The molecule has 0 aromatic carbocycles. The van der Waals surface area contributed by atoms with E-state index in [1.165, 1.54) is 0 Å². The third kappa shape index (κ3) is 4.71. The highest BCUT2D eigenvalue weighted by Gasteiger charge is 2.04. The zero-order valence-corrected chi connectivity index (χ0v) is 9.07. The molecule has 1 heterocycles. The lowest BCUT2D eigenvalue weighted by Crippen LogP contribution is -2.05. The molecule has 4 nitrogen and oxygen atoms in total. The number of nitrogens with zero attached hydrogens (tertiary/aromatic N) is 1. The molecule has 0 fully saturated rings. The molecule has 82 valence electrons. The number of pyridine rings is 1. The van der Waals surface area contributed by atoms with Gasteiger partial charge in [0.05, 0.1) is 5.75 Å². The molecule has 0 spiro atoms. The van der Waals surface area contributed by atoms with E-state index in [9.17, 15) is 8.42 Å². The molecule has 0 amide bonds. The van der Waals surface area contributed by atoms with E-state index in [1.54, 1.807) is 12.3 Å². The maximum absolute atomic E-state index is 10.5. The first-order valence-corrected chi connectivity index (χ1v) is 6.15. The van der Waals surface area contributed by atoms with Crippen LogP contribution in [0.1, 0.15) is 17.7 Å². The Balaban J connectivity index is 2.54. The molecule has 15 heavy (non-hydrogen) atoms. The Hall–Kier alpha value is -1.20. The molecular formula is C10H13NO3S. The molecule has 5 heteroatoms. The van der Waals surface area contributed by atoms with Gasteiger partial charge in [0.1, 0.15) is 0 Å². The molecule has 0 radical (unpaired) electrons. The predicted octanol–water partition coefficient (Wildman–Crippen LogP) is 1.55. The van der Waals surface area contributed by atoms with Crippen LogP contribution >= 0.6 is 0 Å². The molecule has 1 aromatic heterocycles. The monoisotopic (exact) mass is 227 g/mol. The van der Waals surface area contributed by atoms with Crippen LogP contribution in [0.15, 0.2) is 24.9 Å². The summed E-state index contributed by atoms with van der Waals surface area (Å²) in [6, 6.07) is 3.66. The van der Waals surface area contributed by atoms with E-state index >= 15 is 0 Å². The fraction of sp³-hybridized carbons (Fsp3) is 0.300. The Labute approximate surface area is 89.4 Å². The maximum Gasteiger partial charge on any atom is 0.264 e. The quantitative estimate of drug-likeness (QED) is 0.775.